The normalized spacial score (nSPS) is 15.5. The Morgan fingerprint density at radius 1 is 1.04 bits per heavy atom. The lowest BCUT2D eigenvalue weighted by atomic mass is 9.98. The Hall–Kier alpha value is -2.00. The molecular formula is C22H31N3. The van der Waals surface area contributed by atoms with E-state index in [4.69, 9.17) is 5.73 Å². The summed E-state index contributed by atoms with van der Waals surface area (Å²) in [5.74, 6) is 0.847. The molecule has 1 saturated heterocycles. The van der Waals surface area contributed by atoms with E-state index < -0.39 is 0 Å². The van der Waals surface area contributed by atoms with Crippen LogP contribution in [0.3, 0.4) is 0 Å². The molecule has 0 bridgehead atoms. The van der Waals surface area contributed by atoms with E-state index >= 15 is 0 Å². The van der Waals surface area contributed by atoms with Gasteiger partial charge < -0.3 is 16.0 Å². The smallest absolute Gasteiger partial charge is 0.0600 e. The lowest BCUT2D eigenvalue weighted by Gasteiger charge is -2.33. The highest BCUT2D eigenvalue weighted by Gasteiger charge is 2.17. The van der Waals surface area contributed by atoms with Crippen molar-refractivity contribution in [3.8, 4) is 0 Å². The third-order valence-corrected chi connectivity index (χ3v) is 5.21. The minimum atomic E-state index is 0.847. The van der Waals surface area contributed by atoms with Gasteiger partial charge in [0, 0.05) is 19.6 Å². The van der Waals surface area contributed by atoms with E-state index in [0.717, 1.165) is 50.6 Å². The van der Waals surface area contributed by atoms with Crippen LogP contribution in [0.25, 0.3) is 0 Å². The zero-order valence-corrected chi connectivity index (χ0v) is 15.4. The second-order valence-corrected chi connectivity index (χ2v) is 7.33. The van der Waals surface area contributed by atoms with Crippen molar-refractivity contribution < 1.29 is 0 Å². The van der Waals surface area contributed by atoms with Crippen LogP contribution in [0.1, 0.15) is 37.3 Å². The van der Waals surface area contributed by atoms with Crippen molar-refractivity contribution in [1.29, 1.82) is 0 Å². The highest BCUT2D eigenvalue weighted by atomic mass is 15.1. The van der Waals surface area contributed by atoms with Crippen molar-refractivity contribution in [2.75, 3.05) is 30.3 Å². The molecule has 3 nitrogen and oxygen atoms in total. The third-order valence-electron chi connectivity index (χ3n) is 5.21. The maximum Gasteiger partial charge on any atom is 0.0600 e. The molecule has 0 spiro atoms. The van der Waals surface area contributed by atoms with E-state index in [1.165, 1.54) is 29.7 Å². The number of aryl methyl sites for hydroxylation is 1. The summed E-state index contributed by atoms with van der Waals surface area (Å²) in [6.45, 7) is 6.58. The van der Waals surface area contributed by atoms with Gasteiger partial charge in [-0.15, -0.1) is 0 Å². The van der Waals surface area contributed by atoms with Gasteiger partial charge in [0.2, 0.25) is 0 Å². The van der Waals surface area contributed by atoms with Gasteiger partial charge in [0.25, 0.3) is 0 Å². The highest BCUT2D eigenvalue weighted by Crippen LogP contribution is 2.29. The van der Waals surface area contributed by atoms with Crippen molar-refractivity contribution in [3.05, 3.63) is 59.7 Å². The summed E-state index contributed by atoms with van der Waals surface area (Å²) in [6, 6.07) is 17.2. The van der Waals surface area contributed by atoms with Gasteiger partial charge in [-0.2, -0.15) is 0 Å². The van der Waals surface area contributed by atoms with Gasteiger partial charge in [0.05, 0.1) is 11.4 Å². The van der Waals surface area contributed by atoms with E-state index in [0.29, 0.717) is 0 Å². The SMILES string of the molecule is CC1CCN(c2ccc(CCCNCc3ccccc3)cc2N)CC1. The Balaban J connectivity index is 1.43. The molecule has 0 amide bonds. The van der Waals surface area contributed by atoms with Crippen LogP contribution in [-0.4, -0.2) is 19.6 Å². The van der Waals surface area contributed by atoms with Gasteiger partial charge in [0.15, 0.2) is 0 Å². The zero-order chi connectivity index (χ0) is 17.5. The molecule has 2 aromatic carbocycles. The first kappa shape index (κ1) is 17.8. The van der Waals surface area contributed by atoms with E-state index in [9.17, 15) is 0 Å². The fourth-order valence-electron chi connectivity index (χ4n) is 3.54. The molecular weight excluding hydrogens is 306 g/mol. The number of nitrogens with zero attached hydrogens (tertiary/aromatic N) is 1. The number of piperidine rings is 1. The van der Waals surface area contributed by atoms with Crippen molar-refractivity contribution in [2.24, 2.45) is 5.92 Å². The van der Waals surface area contributed by atoms with Crippen LogP contribution < -0.4 is 16.0 Å². The van der Waals surface area contributed by atoms with Crippen LogP contribution in [0.5, 0.6) is 0 Å². The summed E-state index contributed by atoms with van der Waals surface area (Å²) in [6.07, 6.45) is 4.75. The van der Waals surface area contributed by atoms with Gasteiger partial charge in [0.1, 0.15) is 0 Å². The Labute approximate surface area is 152 Å². The van der Waals surface area contributed by atoms with E-state index in [1.807, 2.05) is 0 Å². The average Bonchev–Trinajstić information content (AvgIpc) is 2.63. The summed E-state index contributed by atoms with van der Waals surface area (Å²) in [5.41, 5.74) is 11.2. The fourth-order valence-corrected chi connectivity index (χ4v) is 3.54. The lowest BCUT2D eigenvalue weighted by Crippen LogP contribution is -2.33. The van der Waals surface area contributed by atoms with E-state index in [2.05, 4.69) is 65.7 Å². The molecule has 1 fully saturated rings. The maximum absolute atomic E-state index is 6.34. The summed E-state index contributed by atoms with van der Waals surface area (Å²) >= 11 is 0. The molecule has 2 aromatic rings. The predicted octanol–water partition coefficient (Wildman–Crippen LogP) is 4.23. The first-order chi connectivity index (χ1) is 12.2. The molecule has 1 aliphatic rings. The minimum absolute atomic E-state index is 0.847. The number of benzene rings is 2. The van der Waals surface area contributed by atoms with Crippen LogP contribution in [0, 0.1) is 5.92 Å². The van der Waals surface area contributed by atoms with Crippen molar-refractivity contribution in [2.45, 2.75) is 39.2 Å². The summed E-state index contributed by atoms with van der Waals surface area (Å²) in [4.78, 5) is 2.44. The Morgan fingerprint density at radius 3 is 2.52 bits per heavy atom. The number of nitrogens with two attached hydrogens (primary N) is 1. The van der Waals surface area contributed by atoms with Crippen LogP contribution in [0.15, 0.2) is 48.5 Å². The first-order valence-electron chi connectivity index (χ1n) is 9.60. The number of hydrogen-bond acceptors (Lipinski definition) is 3. The molecule has 1 heterocycles. The van der Waals surface area contributed by atoms with Crippen molar-refractivity contribution >= 4 is 11.4 Å². The molecule has 0 aromatic heterocycles. The summed E-state index contributed by atoms with van der Waals surface area (Å²) < 4.78 is 0. The third kappa shape index (κ3) is 5.23. The standard InChI is InChI=1S/C22H31N3/c1-18-11-14-25(15-12-18)22-10-9-19(16-21(22)23)8-5-13-24-17-20-6-3-2-4-7-20/h2-4,6-7,9-10,16,18,24H,5,8,11-15,17,23H2,1H3. The van der Waals surface area contributed by atoms with E-state index in [-0.39, 0.29) is 0 Å². The molecule has 0 atom stereocenters. The summed E-state index contributed by atoms with van der Waals surface area (Å²) in [7, 11) is 0. The summed E-state index contributed by atoms with van der Waals surface area (Å²) in [5, 5.41) is 3.51. The topological polar surface area (TPSA) is 41.3 Å². The number of nitrogens with one attached hydrogen (secondary N) is 1. The molecule has 0 saturated carbocycles. The largest absolute Gasteiger partial charge is 0.397 e. The molecule has 0 aliphatic carbocycles. The Bertz CT molecular complexity index is 646. The second kappa shape index (κ2) is 8.91. The van der Waals surface area contributed by atoms with Crippen LogP contribution in [0.4, 0.5) is 11.4 Å². The lowest BCUT2D eigenvalue weighted by molar-refractivity contribution is 0.438. The van der Waals surface area contributed by atoms with Crippen LogP contribution in [0.2, 0.25) is 0 Å². The van der Waals surface area contributed by atoms with Gasteiger partial charge in [-0.25, -0.2) is 0 Å². The number of rotatable bonds is 7. The molecule has 3 N–H and O–H groups in total. The maximum atomic E-state index is 6.34. The number of hydrogen-bond donors (Lipinski definition) is 2. The number of nitrogen functional groups attached to an aromatic ring is 1. The fraction of sp³-hybridized carbons (Fsp3) is 0.455. The first-order valence-corrected chi connectivity index (χ1v) is 9.60. The second-order valence-electron chi connectivity index (χ2n) is 7.33. The molecule has 0 radical (unpaired) electrons. The van der Waals surface area contributed by atoms with Crippen molar-refractivity contribution in [3.63, 3.8) is 0 Å². The quantitative estimate of drug-likeness (QED) is 0.587. The van der Waals surface area contributed by atoms with Gasteiger partial charge in [-0.3, -0.25) is 0 Å². The van der Waals surface area contributed by atoms with Crippen molar-refractivity contribution in [1.82, 2.24) is 5.32 Å². The van der Waals surface area contributed by atoms with Gasteiger partial charge >= 0.3 is 0 Å². The molecule has 134 valence electrons. The highest BCUT2D eigenvalue weighted by molar-refractivity contribution is 5.68. The molecule has 3 heteroatoms. The van der Waals surface area contributed by atoms with Gasteiger partial charge in [-0.05, 0) is 61.4 Å². The predicted molar refractivity (Wildman–Crippen MR) is 108 cm³/mol. The zero-order valence-electron chi connectivity index (χ0n) is 15.4. The van der Waals surface area contributed by atoms with E-state index in [1.54, 1.807) is 0 Å². The van der Waals surface area contributed by atoms with Gasteiger partial charge in [-0.1, -0.05) is 43.3 Å². The molecule has 25 heavy (non-hydrogen) atoms. The van der Waals surface area contributed by atoms with Crippen LogP contribution >= 0.6 is 0 Å². The minimum Gasteiger partial charge on any atom is -0.397 e. The number of anilines is 2. The monoisotopic (exact) mass is 337 g/mol. The van der Waals surface area contributed by atoms with Crippen LogP contribution in [-0.2, 0) is 13.0 Å². The molecule has 3 rings (SSSR count). The Morgan fingerprint density at radius 2 is 1.80 bits per heavy atom. The molecule has 0 unspecified atom stereocenters. The Kier molecular flexibility index (Phi) is 6.35. The molecule has 1 aliphatic heterocycles. The average molecular weight is 338 g/mol.